The Kier molecular flexibility index (Phi) is 7.66. The average Bonchev–Trinajstić information content (AvgIpc) is 2.44. The molecule has 0 spiro atoms. The summed E-state index contributed by atoms with van der Waals surface area (Å²) in [6, 6.07) is 7.94. The first kappa shape index (κ1) is 15.5. The first-order valence-electron chi connectivity index (χ1n) is 6.94. The van der Waals surface area contributed by atoms with E-state index in [9.17, 15) is 4.79 Å². The fourth-order valence-corrected chi connectivity index (χ4v) is 1.65. The number of carbonyl (C=O) groups excluding carboxylic acids is 1. The number of carbonyl (C=O) groups is 1. The molecular formula is C15H24N2O2. The van der Waals surface area contributed by atoms with E-state index in [-0.39, 0.29) is 5.91 Å². The van der Waals surface area contributed by atoms with Gasteiger partial charge in [-0.05, 0) is 43.5 Å². The Balaban J connectivity index is 2.27. The van der Waals surface area contributed by atoms with E-state index in [1.54, 1.807) is 0 Å². The first-order valence-corrected chi connectivity index (χ1v) is 6.94. The second kappa shape index (κ2) is 9.39. The molecule has 1 amide bonds. The topological polar surface area (TPSA) is 64.3 Å². The Bertz CT molecular complexity index is 363. The van der Waals surface area contributed by atoms with Gasteiger partial charge in [-0.15, -0.1) is 0 Å². The highest BCUT2D eigenvalue weighted by Crippen LogP contribution is 2.13. The molecule has 0 fully saturated rings. The Morgan fingerprint density at radius 1 is 1.32 bits per heavy atom. The van der Waals surface area contributed by atoms with Crippen molar-refractivity contribution in [3.05, 3.63) is 29.8 Å². The Morgan fingerprint density at radius 3 is 2.68 bits per heavy atom. The molecule has 4 heteroatoms. The number of benzene rings is 1. The third kappa shape index (κ3) is 6.82. The second-order valence-corrected chi connectivity index (χ2v) is 4.48. The Labute approximate surface area is 115 Å². The molecule has 1 rings (SSSR count). The van der Waals surface area contributed by atoms with Gasteiger partial charge in [-0.2, -0.15) is 0 Å². The van der Waals surface area contributed by atoms with Gasteiger partial charge in [0.05, 0.1) is 6.61 Å². The zero-order chi connectivity index (χ0) is 13.9. The zero-order valence-electron chi connectivity index (χ0n) is 11.7. The smallest absolute Gasteiger partial charge is 0.220 e. The van der Waals surface area contributed by atoms with Crippen molar-refractivity contribution in [2.75, 3.05) is 19.7 Å². The highest BCUT2D eigenvalue weighted by molar-refractivity contribution is 5.76. The zero-order valence-corrected chi connectivity index (χ0v) is 11.7. The maximum Gasteiger partial charge on any atom is 0.220 e. The number of amides is 1. The van der Waals surface area contributed by atoms with E-state index in [1.165, 1.54) is 0 Å². The molecule has 0 aliphatic carbocycles. The maximum atomic E-state index is 11.5. The van der Waals surface area contributed by atoms with Crippen LogP contribution in [-0.4, -0.2) is 25.6 Å². The molecule has 0 aromatic heterocycles. The molecule has 1 aromatic rings. The quantitative estimate of drug-likeness (QED) is 0.669. The third-order valence-corrected chi connectivity index (χ3v) is 2.74. The van der Waals surface area contributed by atoms with Crippen LogP contribution in [0.5, 0.6) is 5.75 Å². The SMILES string of the molecule is CCCOc1ccc(CCC(=O)NCCCN)cc1. The van der Waals surface area contributed by atoms with Crippen LogP contribution in [0.25, 0.3) is 0 Å². The number of rotatable bonds is 9. The largest absolute Gasteiger partial charge is 0.494 e. The van der Waals surface area contributed by atoms with Crippen LogP contribution in [0.1, 0.15) is 31.7 Å². The van der Waals surface area contributed by atoms with Crippen LogP contribution < -0.4 is 15.8 Å². The van der Waals surface area contributed by atoms with Crippen molar-refractivity contribution in [2.24, 2.45) is 5.73 Å². The molecule has 0 bridgehead atoms. The molecular weight excluding hydrogens is 240 g/mol. The number of nitrogens with one attached hydrogen (secondary N) is 1. The van der Waals surface area contributed by atoms with Gasteiger partial charge in [-0.3, -0.25) is 4.79 Å². The summed E-state index contributed by atoms with van der Waals surface area (Å²) in [6.45, 7) is 4.10. The van der Waals surface area contributed by atoms with Crippen molar-refractivity contribution in [3.8, 4) is 5.75 Å². The van der Waals surface area contributed by atoms with Crippen molar-refractivity contribution < 1.29 is 9.53 Å². The van der Waals surface area contributed by atoms with Crippen LogP contribution >= 0.6 is 0 Å². The predicted octanol–water partition coefficient (Wildman–Crippen LogP) is 1.87. The lowest BCUT2D eigenvalue weighted by atomic mass is 10.1. The predicted molar refractivity (Wildman–Crippen MR) is 77.2 cm³/mol. The van der Waals surface area contributed by atoms with Gasteiger partial charge in [0, 0.05) is 13.0 Å². The molecule has 1 aromatic carbocycles. The minimum Gasteiger partial charge on any atom is -0.494 e. The lowest BCUT2D eigenvalue weighted by molar-refractivity contribution is -0.121. The highest BCUT2D eigenvalue weighted by Gasteiger charge is 2.02. The molecule has 4 nitrogen and oxygen atoms in total. The summed E-state index contributed by atoms with van der Waals surface area (Å²) in [6.07, 6.45) is 3.10. The molecule has 0 radical (unpaired) electrons. The van der Waals surface area contributed by atoms with Gasteiger partial charge in [0.1, 0.15) is 5.75 Å². The highest BCUT2D eigenvalue weighted by atomic mass is 16.5. The molecule has 0 aliphatic heterocycles. The van der Waals surface area contributed by atoms with Gasteiger partial charge in [0.25, 0.3) is 0 Å². The summed E-state index contributed by atoms with van der Waals surface area (Å²) in [7, 11) is 0. The van der Waals surface area contributed by atoms with E-state index in [1.807, 2.05) is 24.3 Å². The van der Waals surface area contributed by atoms with Crippen molar-refractivity contribution in [1.82, 2.24) is 5.32 Å². The van der Waals surface area contributed by atoms with E-state index in [0.29, 0.717) is 19.5 Å². The monoisotopic (exact) mass is 264 g/mol. The van der Waals surface area contributed by atoms with E-state index in [0.717, 1.165) is 37.2 Å². The Morgan fingerprint density at radius 2 is 2.05 bits per heavy atom. The van der Waals surface area contributed by atoms with Gasteiger partial charge >= 0.3 is 0 Å². The number of hydrogen-bond acceptors (Lipinski definition) is 3. The normalized spacial score (nSPS) is 10.2. The van der Waals surface area contributed by atoms with Crippen molar-refractivity contribution in [3.63, 3.8) is 0 Å². The minimum absolute atomic E-state index is 0.0831. The number of aryl methyl sites for hydroxylation is 1. The summed E-state index contributed by atoms with van der Waals surface area (Å²) < 4.78 is 5.51. The Hall–Kier alpha value is -1.55. The van der Waals surface area contributed by atoms with Crippen molar-refractivity contribution in [2.45, 2.75) is 32.6 Å². The van der Waals surface area contributed by atoms with E-state index >= 15 is 0 Å². The van der Waals surface area contributed by atoms with Crippen LogP contribution in [0.15, 0.2) is 24.3 Å². The first-order chi connectivity index (χ1) is 9.26. The number of hydrogen-bond donors (Lipinski definition) is 2. The van der Waals surface area contributed by atoms with Gasteiger partial charge in [-0.1, -0.05) is 19.1 Å². The molecule has 0 saturated carbocycles. The lowest BCUT2D eigenvalue weighted by Gasteiger charge is -2.06. The standard InChI is InChI=1S/C15H24N2O2/c1-2-12-19-14-7-4-13(5-8-14)6-9-15(18)17-11-3-10-16/h4-5,7-8H,2-3,6,9-12,16H2,1H3,(H,17,18). The summed E-state index contributed by atoms with van der Waals surface area (Å²) in [5, 5.41) is 2.85. The van der Waals surface area contributed by atoms with Crippen LogP contribution in [0.3, 0.4) is 0 Å². The molecule has 0 atom stereocenters. The number of ether oxygens (including phenoxy) is 1. The summed E-state index contributed by atoms with van der Waals surface area (Å²) in [4.78, 5) is 11.5. The lowest BCUT2D eigenvalue weighted by Crippen LogP contribution is -2.26. The van der Waals surface area contributed by atoms with Gasteiger partial charge in [-0.25, -0.2) is 0 Å². The molecule has 0 saturated heterocycles. The average molecular weight is 264 g/mol. The summed E-state index contributed by atoms with van der Waals surface area (Å²) in [5.74, 6) is 0.970. The van der Waals surface area contributed by atoms with Crippen molar-refractivity contribution in [1.29, 1.82) is 0 Å². The molecule has 0 aliphatic rings. The van der Waals surface area contributed by atoms with Crippen LogP contribution in [0, 0.1) is 0 Å². The summed E-state index contributed by atoms with van der Waals surface area (Å²) >= 11 is 0. The number of nitrogens with two attached hydrogens (primary N) is 1. The summed E-state index contributed by atoms with van der Waals surface area (Å²) in [5.41, 5.74) is 6.52. The fraction of sp³-hybridized carbons (Fsp3) is 0.533. The van der Waals surface area contributed by atoms with Crippen LogP contribution in [-0.2, 0) is 11.2 Å². The van der Waals surface area contributed by atoms with E-state index in [2.05, 4.69) is 12.2 Å². The molecule has 19 heavy (non-hydrogen) atoms. The second-order valence-electron chi connectivity index (χ2n) is 4.48. The van der Waals surface area contributed by atoms with E-state index < -0.39 is 0 Å². The molecule has 0 heterocycles. The third-order valence-electron chi connectivity index (χ3n) is 2.74. The van der Waals surface area contributed by atoms with Crippen LogP contribution in [0.2, 0.25) is 0 Å². The maximum absolute atomic E-state index is 11.5. The van der Waals surface area contributed by atoms with Crippen LogP contribution in [0.4, 0.5) is 0 Å². The van der Waals surface area contributed by atoms with Gasteiger partial charge in [0.15, 0.2) is 0 Å². The molecule has 0 unspecified atom stereocenters. The molecule has 3 N–H and O–H groups in total. The van der Waals surface area contributed by atoms with E-state index in [4.69, 9.17) is 10.5 Å². The van der Waals surface area contributed by atoms with Gasteiger partial charge in [0.2, 0.25) is 5.91 Å². The van der Waals surface area contributed by atoms with Gasteiger partial charge < -0.3 is 15.8 Å². The fourth-order valence-electron chi connectivity index (χ4n) is 1.65. The van der Waals surface area contributed by atoms with Crippen molar-refractivity contribution >= 4 is 5.91 Å². The minimum atomic E-state index is 0.0831. The molecule has 106 valence electrons.